The Morgan fingerprint density at radius 2 is 2.12 bits per heavy atom. The Labute approximate surface area is 110 Å². The van der Waals surface area contributed by atoms with E-state index in [0.717, 1.165) is 0 Å². The van der Waals surface area contributed by atoms with Gasteiger partial charge in [0.25, 0.3) is 0 Å². The molecule has 0 aromatic heterocycles. The fourth-order valence-electron chi connectivity index (χ4n) is 1.12. The Hall–Kier alpha value is -0.520. The Kier molecular flexibility index (Phi) is 5.49. The molecule has 17 heavy (non-hydrogen) atoms. The van der Waals surface area contributed by atoms with Crippen LogP contribution in [0.4, 0.5) is 0 Å². The molecule has 0 aliphatic carbocycles. The predicted molar refractivity (Wildman–Crippen MR) is 72.8 cm³/mol. The van der Waals surface area contributed by atoms with Crippen molar-refractivity contribution in [2.45, 2.75) is 0 Å². The molecule has 0 unspecified atom stereocenters. The first-order chi connectivity index (χ1) is 7.88. The number of hydrogen-bond donors (Lipinski definition) is 0. The number of hydrogen-bond acceptors (Lipinski definition) is 4. The lowest BCUT2D eigenvalue weighted by molar-refractivity contribution is 0.102. The van der Waals surface area contributed by atoms with Crippen molar-refractivity contribution in [3.63, 3.8) is 0 Å². The van der Waals surface area contributed by atoms with Gasteiger partial charge in [-0.25, -0.2) is 8.42 Å². The number of ketones is 1. The van der Waals surface area contributed by atoms with Crippen molar-refractivity contribution in [3.8, 4) is 0 Å². The van der Waals surface area contributed by atoms with Crippen LogP contribution in [-0.2, 0) is 9.84 Å². The average Bonchev–Trinajstić information content (AvgIpc) is 2.23. The lowest BCUT2D eigenvalue weighted by Gasteiger charge is -2.01. The van der Waals surface area contributed by atoms with Gasteiger partial charge in [-0.1, -0.05) is 23.7 Å². The highest BCUT2D eigenvalue weighted by Gasteiger charge is 2.07. The van der Waals surface area contributed by atoms with Crippen molar-refractivity contribution < 1.29 is 13.2 Å². The predicted octanol–water partition coefficient (Wildman–Crippen LogP) is 2.30. The molecule has 0 heterocycles. The molecule has 0 spiro atoms. The van der Waals surface area contributed by atoms with Gasteiger partial charge in [0.2, 0.25) is 0 Å². The van der Waals surface area contributed by atoms with Gasteiger partial charge in [-0.3, -0.25) is 4.79 Å². The summed E-state index contributed by atoms with van der Waals surface area (Å²) < 4.78 is 21.7. The molecule has 0 aliphatic rings. The standard InChI is InChI=1S/C11H13ClO3S2/c1-17(14,15)6-5-16-8-11(13)9-3-2-4-10(12)7-9/h2-4,7H,5-6,8H2,1H3. The van der Waals surface area contributed by atoms with E-state index < -0.39 is 9.84 Å². The van der Waals surface area contributed by atoms with E-state index in [1.165, 1.54) is 18.0 Å². The zero-order chi connectivity index (χ0) is 12.9. The summed E-state index contributed by atoms with van der Waals surface area (Å²) in [4.78, 5) is 11.7. The van der Waals surface area contributed by atoms with Gasteiger partial charge in [0.15, 0.2) is 5.78 Å². The lowest BCUT2D eigenvalue weighted by atomic mass is 10.1. The number of Topliss-reactive ketones (excluding diaryl/α,β-unsaturated/α-hetero) is 1. The second-order valence-corrected chi connectivity index (χ2v) is 7.42. The average molecular weight is 293 g/mol. The van der Waals surface area contributed by atoms with E-state index in [2.05, 4.69) is 0 Å². The summed E-state index contributed by atoms with van der Waals surface area (Å²) in [5.41, 5.74) is 0.560. The number of halogens is 1. The van der Waals surface area contributed by atoms with E-state index in [1.54, 1.807) is 24.3 Å². The summed E-state index contributed by atoms with van der Waals surface area (Å²) in [5, 5.41) is 0.525. The quantitative estimate of drug-likeness (QED) is 0.596. The number of rotatable bonds is 6. The molecule has 0 atom stereocenters. The molecule has 3 nitrogen and oxygen atoms in total. The van der Waals surface area contributed by atoms with E-state index in [-0.39, 0.29) is 17.3 Å². The van der Waals surface area contributed by atoms with Crippen LogP contribution in [0.3, 0.4) is 0 Å². The number of carbonyl (C=O) groups is 1. The highest BCUT2D eigenvalue weighted by molar-refractivity contribution is 8.01. The van der Waals surface area contributed by atoms with E-state index in [1.807, 2.05) is 0 Å². The lowest BCUT2D eigenvalue weighted by Crippen LogP contribution is -2.08. The first kappa shape index (κ1) is 14.5. The minimum Gasteiger partial charge on any atom is -0.293 e. The molecule has 0 saturated carbocycles. The van der Waals surface area contributed by atoms with Crippen LogP contribution in [0, 0.1) is 0 Å². The van der Waals surface area contributed by atoms with Crippen LogP contribution in [0.15, 0.2) is 24.3 Å². The molecule has 94 valence electrons. The minimum atomic E-state index is -2.95. The molecule has 0 aliphatic heterocycles. The zero-order valence-corrected chi connectivity index (χ0v) is 11.7. The molecule has 1 aromatic rings. The van der Waals surface area contributed by atoms with Crippen molar-refractivity contribution in [3.05, 3.63) is 34.9 Å². The summed E-state index contributed by atoms with van der Waals surface area (Å²) in [5.74, 6) is 0.771. The van der Waals surface area contributed by atoms with Gasteiger partial charge < -0.3 is 0 Å². The van der Waals surface area contributed by atoms with Gasteiger partial charge in [-0.15, -0.1) is 0 Å². The molecular weight excluding hydrogens is 280 g/mol. The van der Waals surface area contributed by atoms with Crippen LogP contribution < -0.4 is 0 Å². The maximum atomic E-state index is 11.7. The number of carbonyl (C=O) groups excluding carboxylic acids is 1. The molecule has 0 N–H and O–H groups in total. The van der Waals surface area contributed by atoms with Crippen LogP contribution in [0.5, 0.6) is 0 Å². The summed E-state index contributed by atoms with van der Waals surface area (Å²) in [7, 11) is -2.95. The summed E-state index contributed by atoms with van der Waals surface area (Å²) >= 11 is 7.09. The molecule has 0 fully saturated rings. The summed E-state index contributed by atoms with van der Waals surface area (Å²) in [6.45, 7) is 0. The summed E-state index contributed by atoms with van der Waals surface area (Å²) in [6.07, 6.45) is 1.19. The maximum Gasteiger partial charge on any atom is 0.172 e. The molecule has 0 radical (unpaired) electrons. The van der Waals surface area contributed by atoms with Gasteiger partial charge >= 0.3 is 0 Å². The third-order valence-electron chi connectivity index (χ3n) is 1.98. The highest BCUT2D eigenvalue weighted by Crippen LogP contribution is 2.13. The zero-order valence-electron chi connectivity index (χ0n) is 9.35. The van der Waals surface area contributed by atoms with E-state index in [4.69, 9.17) is 11.6 Å². The van der Waals surface area contributed by atoms with Crippen LogP contribution in [-0.4, -0.2) is 37.7 Å². The molecule has 6 heteroatoms. The molecule has 0 amide bonds. The Morgan fingerprint density at radius 1 is 1.41 bits per heavy atom. The Bertz CT molecular complexity index is 497. The van der Waals surface area contributed by atoms with Gasteiger partial charge in [0.1, 0.15) is 9.84 Å². The largest absolute Gasteiger partial charge is 0.293 e. The van der Waals surface area contributed by atoms with Crippen molar-refractivity contribution in [2.75, 3.05) is 23.5 Å². The second-order valence-electron chi connectivity index (χ2n) is 3.62. The number of thioether (sulfide) groups is 1. The van der Waals surface area contributed by atoms with E-state index >= 15 is 0 Å². The first-order valence-corrected chi connectivity index (χ1v) is 8.52. The number of benzene rings is 1. The van der Waals surface area contributed by atoms with Crippen molar-refractivity contribution >= 4 is 39.0 Å². The molecular formula is C11H13ClO3S2. The molecule has 0 bridgehead atoms. The third kappa shape index (κ3) is 6.10. The molecule has 1 rings (SSSR count). The Morgan fingerprint density at radius 3 is 2.71 bits per heavy atom. The topological polar surface area (TPSA) is 51.2 Å². The van der Waals surface area contributed by atoms with Gasteiger partial charge in [0.05, 0.1) is 11.5 Å². The van der Waals surface area contributed by atoms with E-state index in [0.29, 0.717) is 16.3 Å². The number of sulfone groups is 1. The van der Waals surface area contributed by atoms with E-state index in [9.17, 15) is 13.2 Å². The fourth-order valence-corrected chi connectivity index (χ4v) is 3.49. The monoisotopic (exact) mass is 292 g/mol. The first-order valence-electron chi connectivity index (χ1n) is 4.93. The Balaban J connectivity index is 2.41. The van der Waals surface area contributed by atoms with Gasteiger partial charge in [-0.05, 0) is 12.1 Å². The van der Waals surface area contributed by atoms with Crippen molar-refractivity contribution in [2.24, 2.45) is 0 Å². The van der Waals surface area contributed by atoms with Crippen LogP contribution >= 0.6 is 23.4 Å². The second kappa shape index (κ2) is 6.42. The van der Waals surface area contributed by atoms with Crippen LogP contribution in [0.2, 0.25) is 5.02 Å². The van der Waals surface area contributed by atoms with Gasteiger partial charge in [0, 0.05) is 22.6 Å². The smallest absolute Gasteiger partial charge is 0.172 e. The molecule has 0 saturated heterocycles. The summed E-state index contributed by atoms with van der Waals surface area (Å²) in [6, 6.07) is 6.73. The maximum absolute atomic E-state index is 11.7. The third-order valence-corrected chi connectivity index (χ3v) is 4.38. The minimum absolute atomic E-state index is 0.0361. The molecule has 1 aromatic carbocycles. The highest BCUT2D eigenvalue weighted by atomic mass is 35.5. The fraction of sp³-hybridized carbons (Fsp3) is 0.364. The normalized spacial score (nSPS) is 11.4. The van der Waals surface area contributed by atoms with Crippen LogP contribution in [0.25, 0.3) is 0 Å². The van der Waals surface area contributed by atoms with Gasteiger partial charge in [-0.2, -0.15) is 11.8 Å². The van der Waals surface area contributed by atoms with Crippen molar-refractivity contribution in [1.29, 1.82) is 0 Å². The van der Waals surface area contributed by atoms with Crippen molar-refractivity contribution in [1.82, 2.24) is 0 Å². The van der Waals surface area contributed by atoms with Crippen LogP contribution in [0.1, 0.15) is 10.4 Å². The SMILES string of the molecule is CS(=O)(=O)CCSCC(=O)c1cccc(Cl)c1.